The van der Waals surface area contributed by atoms with Crippen LogP contribution in [-0.2, 0) is 11.2 Å². The molecule has 0 fully saturated rings. The van der Waals surface area contributed by atoms with Crippen LogP contribution in [0.3, 0.4) is 0 Å². The lowest BCUT2D eigenvalue weighted by atomic mass is 10.2. The number of para-hydroxylation sites is 1. The number of nitrogens with zero attached hydrogens (tertiary/aromatic N) is 1. The van der Waals surface area contributed by atoms with Crippen LogP contribution < -0.4 is 10.6 Å². The molecule has 15 heavy (non-hydrogen) atoms. The molecule has 0 bridgehead atoms. The molecule has 4 heteroatoms. The van der Waals surface area contributed by atoms with Gasteiger partial charge in [0.05, 0.1) is 0 Å². The lowest BCUT2D eigenvalue weighted by molar-refractivity contribution is -0.138. The summed E-state index contributed by atoms with van der Waals surface area (Å²) in [5, 5.41) is 8.74. The molecule has 0 saturated carbocycles. The molecule has 0 spiro atoms. The van der Waals surface area contributed by atoms with Gasteiger partial charge in [-0.15, -0.1) is 0 Å². The van der Waals surface area contributed by atoms with Crippen LogP contribution in [0.25, 0.3) is 0 Å². The molecule has 4 nitrogen and oxygen atoms in total. The lowest BCUT2D eigenvalue weighted by Crippen LogP contribution is -2.42. The number of rotatable bonds is 3. The number of carboxylic acid groups (broad SMARTS) is 1. The summed E-state index contributed by atoms with van der Waals surface area (Å²) in [4.78, 5) is 12.7. The van der Waals surface area contributed by atoms with E-state index in [1.165, 1.54) is 5.56 Å². The minimum atomic E-state index is -0.945. The summed E-state index contributed by atoms with van der Waals surface area (Å²) in [5.74, 6) is -0.945. The topological polar surface area (TPSA) is 66.6 Å². The van der Waals surface area contributed by atoms with Crippen molar-refractivity contribution >= 4 is 11.7 Å². The van der Waals surface area contributed by atoms with Gasteiger partial charge in [0.2, 0.25) is 0 Å². The minimum absolute atomic E-state index is 0.381. The van der Waals surface area contributed by atoms with Crippen molar-refractivity contribution in [3.8, 4) is 0 Å². The maximum atomic E-state index is 10.6. The molecule has 1 aliphatic rings. The molecule has 0 aliphatic carbocycles. The molecule has 1 atom stereocenters. The second kappa shape index (κ2) is 3.90. The van der Waals surface area contributed by atoms with Crippen LogP contribution in [0.5, 0.6) is 0 Å². The summed E-state index contributed by atoms with van der Waals surface area (Å²) in [5.41, 5.74) is 7.91. The highest BCUT2D eigenvalue weighted by molar-refractivity contribution is 5.74. The summed E-state index contributed by atoms with van der Waals surface area (Å²) in [6.07, 6.45) is 0.975. The number of aliphatic carboxylic acids is 1. The second-order valence-corrected chi connectivity index (χ2v) is 3.77. The molecule has 3 N–H and O–H groups in total. The van der Waals surface area contributed by atoms with Crippen molar-refractivity contribution in [2.45, 2.75) is 12.5 Å². The van der Waals surface area contributed by atoms with Gasteiger partial charge in [-0.05, 0) is 18.1 Å². The lowest BCUT2D eigenvalue weighted by Gasteiger charge is -2.21. The number of benzene rings is 1. The summed E-state index contributed by atoms with van der Waals surface area (Å²) in [7, 11) is 0. The zero-order chi connectivity index (χ0) is 10.8. The number of carbonyl (C=O) groups is 1. The van der Waals surface area contributed by atoms with Gasteiger partial charge in [-0.1, -0.05) is 18.2 Å². The van der Waals surface area contributed by atoms with Crippen molar-refractivity contribution in [1.29, 1.82) is 0 Å². The molecule has 1 heterocycles. The maximum absolute atomic E-state index is 10.6. The Balaban J connectivity index is 2.11. The Hall–Kier alpha value is -1.55. The van der Waals surface area contributed by atoms with E-state index in [2.05, 4.69) is 6.07 Å². The van der Waals surface area contributed by atoms with Crippen LogP contribution in [-0.4, -0.2) is 30.2 Å². The van der Waals surface area contributed by atoms with Gasteiger partial charge in [0.1, 0.15) is 6.04 Å². The number of carboxylic acids is 1. The molecule has 0 saturated heterocycles. The predicted octanol–water partition coefficient (Wildman–Crippen LogP) is 0.461. The van der Waals surface area contributed by atoms with Gasteiger partial charge in [0.25, 0.3) is 0 Å². The summed E-state index contributed by atoms with van der Waals surface area (Å²) < 4.78 is 0. The first kappa shape index (κ1) is 9.98. The average Bonchev–Trinajstić information content (AvgIpc) is 2.62. The molecule has 0 aromatic heterocycles. The van der Waals surface area contributed by atoms with E-state index in [0.717, 1.165) is 18.7 Å². The van der Waals surface area contributed by atoms with Crippen LogP contribution in [0, 0.1) is 0 Å². The first-order valence-electron chi connectivity index (χ1n) is 4.99. The third-order valence-electron chi connectivity index (χ3n) is 2.72. The molecule has 1 unspecified atom stereocenters. The van der Waals surface area contributed by atoms with E-state index in [9.17, 15) is 4.79 Å². The average molecular weight is 206 g/mol. The predicted molar refractivity (Wildman–Crippen MR) is 58.0 cm³/mol. The fourth-order valence-electron chi connectivity index (χ4n) is 1.91. The van der Waals surface area contributed by atoms with Crippen LogP contribution in [0.15, 0.2) is 24.3 Å². The molecule has 0 amide bonds. The molecule has 1 aromatic rings. The minimum Gasteiger partial charge on any atom is -0.480 e. The second-order valence-electron chi connectivity index (χ2n) is 3.77. The Bertz CT molecular complexity index is 379. The fraction of sp³-hybridized carbons (Fsp3) is 0.364. The number of nitrogens with two attached hydrogens (primary N) is 1. The Morgan fingerprint density at radius 1 is 1.53 bits per heavy atom. The highest BCUT2D eigenvalue weighted by Gasteiger charge is 2.22. The first-order chi connectivity index (χ1) is 7.18. The summed E-state index contributed by atoms with van der Waals surface area (Å²) >= 11 is 0. The SMILES string of the molecule is NC(CN1CCc2ccccc21)C(=O)O. The van der Waals surface area contributed by atoms with Crippen molar-refractivity contribution in [2.75, 3.05) is 18.0 Å². The third kappa shape index (κ3) is 1.94. The van der Waals surface area contributed by atoms with Gasteiger partial charge in [-0.25, -0.2) is 0 Å². The van der Waals surface area contributed by atoms with Gasteiger partial charge in [-0.3, -0.25) is 4.79 Å². The van der Waals surface area contributed by atoms with Gasteiger partial charge in [0, 0.05) is 18.8 Å². The fourth-order valence-corrected chi connectivity index (χ4v) is 1.91. The Labute approximate surface area is 88.3 Å². The molecule has 1 aliphatic heterocycles. The zero-order valence-corrected chi connectivity index (χ0v) is 8.39. The number of hydrogen-bond acceptors (Lipinski definition) is 3. The summed E-state index contributed by atoms with van der Waals surface area (Å²) in [6.45, 7) is 1.24. The molecule has 80 valence electrons. The van der Waals surface area contributed by atoms with Gasteiger partial charge >= 0.3 is 5.97 Å². The van der Waals surface area contributed by atoms with E-state index in [1.54, 1.807) is 0 Å². The number of hydrogen-bond donors (Lipinski definition) is 2. The molecular formula is C11H14N2O2. The van der Waals surface area contributed by atoms with E-state index in [4.69, 9.17) is 10.8 Å². The normalized spacial score (nSPS) is 16.2. The van der Waals surface area contributed by atoms with Crippen molar-refractivity contribution in [3.05, 3.63) is 29.8 Å². The Morgan fingerprint density at radius 2 is 2.27 bits per heavy atom. The largest absolute Gasteiger partial charge is 0.480 e. The summed E-state index contributed by atoms with van der Waals surface area (Å²) in [6, 6.07) is 7.23. The molecule has 1 aromatic carbocycles. The molecule has 2 rings (SSSR count). The van der Waals surface area contributed by atoms with Gasteiger partial charge in [-0.2, -0.15) is 0 Å². The van der Waals surface area contributed by atoms with Crippen LogP contribution >= 0.6 is 0 Å². The number of anilines is 1. The van der Waals surface area contributed by atoms with Crippen LogP contribution in [0.2, 0.25) is 0 Å². The molecule has 0 radical (unpaired) electrons. The smallest absolute Gasteiger partial charge is 0.322 e. The van der Waals surface area contributed by atoms with Crippen molar-refractivity contribution < 1.29 is 9.90 Å². The van der Waals surface area contributed by atoms with E-state index >= 15 is 0 Å². The Morgan fingerprint density at radius 3 is 3.00 bits per heavy atom. The monoisotopic (exact) mass is 206 g/mol. The Kier molecular flexibility index (Phi) is 2.60. The first-order valence-corrected chi connectivity index (χ1v) is 4.99. The quantitative estimate of drug-likeness (QED) is 0.754. The van der Waals surface area contributed by atoms with E-state index in [0.29, 0.717) is 6.54 Å². The van der Waals surface area contributed by atoms with Gasteiger partial charge < -0.3 is 15.7 Å². The standard InChI is InChI=1S/C11H14N2O2/c12-9(11(14)15)7-13-6-5-8-3-1-2-4-10(8)13/h1-4,9H,5-7,12H2,(H,14,15). The van der Waals surface area contributed by atoms with E-state index in [-0.39, 0.29) is 0 Å². The highest BCUT2D eigenvalue weighted by Crippen LogP contribution is 2.26. The highest BCUT2D eigenvalue weighted by atomic mass is 16.4. The van der Waals surface area contributed by atoms with Crippen molar-refractivity contribution in [2.24, 2.45) is 5.73 Å². The van der Waals surface area contributed by atoms with Crippen molar-refractivity contribution in [3.63, 3.8) is 0 Å². The zero-order valence-electron chi connectivity index (χ0n) is 8.39. The van der Waals surface area contributed by atoms with E-state index in [1.807, 2.05) is 23.1 Å². The maximum Gasteiger partial charge on any atom is 0.322 e. The van der Waals surface area contributed by atoms with Crippen molar-refractivity contribution in [1.82, 2.24) is 0 Å². The van der Waals surface area contributed by atoms with E-state index < -0.39 is 12.0 Å². The van der Waals surface area contributed by atoms with Crippen LogP contribution in [0.4, 0.5) is 5.69 Å². The van der Waals surface area contributed by atoms with Gasteiger partial charge in [0.15, 0.2) is 0 Å². The third-order valence-corrected chi connectivity index (χ3v) is 2.72. The van der Waals surface area contributed by atoms with Crippen LogP contribution in [0.1, 0.15) is 5.56 Å². The number of fused-ring (bicyclic) bond motifs is 1. The molecular weight excluding hydrogens is 192 g/mol.